The normalized spacial score (nSPS) is 11.1. The van der Waals surface area contributed by atoms with Crippen LogP contribution >= 0.6 is 39.0 Å². The first-order chi connectivity index (χ1) is 12.2. The number of hydrogen-bond acceptors (Lipinski definition) is 8. The third kappa shape index (κ3) is 3.65. The average molecular weight is 435 g/mol. The second-order valence-corrected chi connectivity index (χ2v) is 7.91. The van der Waals surface area contributed by atoms with Crippen LogP contribution in [0.3, 0.4) is 0 Å². The van der Waals surface area contributed by atoms with Crippen molar-refractivity contribution in [3.8, 4) is 16.4 Å². The summed E-state index contributed by atoms with van der Waals surface area (Å²) in [4.78, 5) is 5.38. The molecule has 0 aliphatic carbocycles. The predicted octanol–water partition coefficient (Wildman–Crippen LogP) is 4.14. The Hall–Kier alpha value is -2.04. The zero-order valence-electron chi connectivity index (χ0n) is 13.0. The first-order valence-corrected chi connectivity index (χ1v) is 9.90. The van der Waals surface area contributed by atoms with Crippen LogP contribution in [0.4, 0.5) is 0 Å². The van der Waals surface area contributed by atoms with Crippen molar-refractivity contribution >= 4 is 39.0 Å². The number of thiophene rings is 1. The molecule has 1 aromatic carbocycles. The maximum absolute atomic E-state index is 5.32. The minimum atomic E-state index is 0.492. The Bertz CT molecular complexity index is 1010. The van der Waals surface area contributed by atoms with Crippen LogP contribution in [-0.2, 0) is 5.75 Å². The minimum Gasteiger partial charge on any atom is -0.338 e. The van der Waals surface area contributed by atoms with E-state index in [4.69, 9.17) is 4.52 Å². The zero-order chi connectivity index (χ0) is 17.2. The van der Waals surface area contributed by atoms with Crippen molar-refractivity contribution in [1.82, 2.24) is 30.3 Å². The summed E-state index contributed by atoms with van der Waals surface area (Å²) in [5, 5.41) is 18.6. The van der Waals surface area contributed by atoms with Gasteiger partial charge in [0, 0.05) is 9.85 Å². The van der Waals surface area contributed by atoms with Gasteiger partial charge in [-0.05, 0) is 57.0 Å². The maximum atomic E-state index is 5.32. The quantitative estimate of drug-likeness (QED) is 0.436. The third-order valence-corrected chi connectivity index (χ3v) is 5.86. The van der Waals surface area contributed by atoms with Crippen molar-refractivity contribution in [1.29, 1.82) is 0 Å². The molecule has 4 rings (SSSR count). The van der Waals surface area contributed by atoms with Crippen molar-refractivity contribution < 1.29 is 4.52 Å². The van der Waals surface area contributed by atoms with E-state index < -0.39 is 0 Å². The van der Waals surface area contributed by atoms with Gasteiger partial charge in [-0.1, -0.05) is 29.1 Å². The molecule has 0 aliphatic rings. The highest BCUT2D eigenvalue weighted by Gasteiger charge is 2.14. The molecule has 4 aromatic rings. The molecule has 10 heteroatoms. The highest BCUT2D eigenvalue weighted by atomic mass is 79.9. The van der Waals surface area contributed by atoms with Crippen LogP contribution in [-0.4, -0.2) is 30.3 Å². The van der Waals surface area contributed by atoms with E-state index in [1.807, 2.05) is 42.6 Å². The topological polar surface area (TPSA) is 82.5 Å². The Balaban J connectivity index is 1.49. The SMILES string of the molecule is Cc1cccc(-n2nnnc2SCc2nc(-c3cc(Br)cs3)no2)c1. The van der Waals surface area contributed by atoms with Crippen LogP contribution in [0.25, 0.3) is 16.4 Å². The van der Waals surface area contributed by atoms with Gasteiger partial charge in [-0.25, -0.2) is 0 Å². The molecule has 3 aromatic heterocycles. The molecule has 0 saturated heterocycles. The monoisotopic (exact) mass is 434 g/mol. The van der Waals surface area contributed by atoms with E-state index >= 15 is 0 Å². The highest BCUT2D eigenvalue weighted by Crippen LogP contribution is 2.29. The van der Waals surface area contributed by atoms with Gasteiger partial charge in [0.25, 0.3) is 0 Å². The summed E-state index contributed by atoms with van der Waals surface area (Å²) in [7, 11) is 0. The van der Waals surface area contributed by atoms with E-state index in [0.29, 0.717) is 22.6 Å². The summed E-state index contributed by atoms with van der Waals surface area (Å²) in [6, 6.07) is 9.96. The Morgan fingerprint density at radius 2 is 2.24 bits per heavy atom. The molecule has 0 atom stereocenters. The van der Waals surface area contributed by atoms with Gasteiger partial charge in [0.2, 0.25) is 16.9 Å². The van der Waals surface area contributed by atoms with Gasteiger partial charge in [0.15, 0.2) is 0 Å². The Labute approximate surface area is 159 Å². The van der Waals surface area contributed by atoms with Crippen LogP contribution in [0.5, 0.6) is 0 Å². The van der Waals surface area contributed by atoms with Crippen molar-refractivity contribution in [3.05, 3.63) is 51.6 Å². The molecular weight excluding hydrogens is 424 g/mol. The maximum Gasteiger partial charge on any atom is 0.237 e. The van der Waals surface area contributed by atoms with Gasteiger partial charge >= 0.3 is 0 Å². The molecule has 0 bridgehead atoms. The lowest BCUT2D eigenvalue weighted by atomic mass is 10.2. The molecule has 0 unspecified atom stereocenters. The summed E-state index contributed by atoms with van der Waals surface area (Å²) in [5.74, 6) is 1.61. The second-order valence-electron chi connectivity index (χ2n) is 5.14. The first-order valence-electron chi connectivity index (χ1n) is 7.24. The molecule has 0 amide bonds. The summed E-state index contributed by atoms with van der Waals surface area (Å²) < 4.78 is 8.03. The van der Waals surface area contributed by atoms with Crippen LogP contribution in [0, 0.1) is 6.92 Å². The van der Waals surface area contributed by atoms with Gasteiger partial charge in [-0.3, -0.25) is 0 Å². The predicted molar refractivity (Wildman–Crippen MR) is 98.8 cm³/mol. The van der Waals surface area contributed by atoms with Gasteiger partial charge in [0.05, 0.1) is 16.3 Å². The molecule has 0 fully saturated rings. The van der Waals surface area contributed by atoms with Crippen molar-refractivity contribution in [2.75, 3.05) is 0 Å². The number of aryl methyl sites for hydroxylation is 1. The minimum absolute atomic E-state index is 0.492. The summed E-state index contributed by atoms with van der Waals surface area (Å²) >= 11 is 6.43. The third-order valence-electron chi connectivity index (χ3n) is 3.27. The molecule has 7 nitrogen and oxygen atoms in total. The molecular formula is C15H11BrN6OS2. The molecule has 3 heterocycles. The summed E-state index contributed by atoms with van der Waals surface area (Å²) in [6.07, 6.45) is 0. The van der Waals surface area contributed by atoms with Gasteiger partial charge in [-0.2, -0.15) is 9.67 Å². The lowest BCUT2D eigenvalue weighted by Gasteiger charge is -2.03. The number of rotatable bonds is 5. The largest absolute Gasteiger partial charge is 0.338 e. The van der Waals surface area contributed by atoms with E-state index in [-0.39, 0.29) is 0 Å². The van der Waals surface area contributed by atoms with Gasteiger partial charge in [0.1, 0.15) is 0 Å². The summed E-state index contributed by atoms with van der Waals surface area (Å²) in [5.41, 5.74) is 2.06. The van der Waals surface area contributed by atoms with E-state index in [1.54, 1.807) is 16.0 Å². The standard InChI is InChI=1S/C15H11BrN6OS2/c1-9-3-2-4-11(5-9)22-15(18-20-21-22)25-8-13-17-14(19-23-13)12-6-10(16)7-24-12/h2-7H,8H2,1H3. The zero-order valence-corrected chi connectivity index (χ0v) is 16.2. The molecule has 126 valence electrons. The average Bonchev–Trinajstić information content (AvgIpc) is 3.33. The lowest BCUT2D eigenvalue weighted by Crippen LogP contribution is -1.99. The highest BCUT2D eigenvalue weighted by molar-refractivity contribution is 9.10. The van der Waals surface area contributed by atoms with Gasteiger partial charge in [-0.15, -0.1) is 16.4 Å². The van der Waals surface area contributed by atoms with Crippen molar-refractivity contribution in [2.45, 2.75) is 17.8 Å². The van der Waals surface area contributed by atoms with Crippen molar-refractivity contribution in [3.63, 3.8) is 0 Å². The van der Waals surface area contributed by atoms with E-state index in [9.17, 15) is 0 Å². The number of nitrogens with zero attached hydrogens (tertiary/aromatic N) is 6. The molecule has 25 heavy (non-hydrogen) atoms. The van der Waals surface area contributed by atoms with Crippen LogP contribution in [0.1, 0.15) is 11.5 Å². The van der Waals surface area contributed by atoms with E-state index in [1.165, 1.54) is 11.8 Å². The molecule has 0 radical (unpaired) electrons. The van der Waals surface area contributed by atoms with Crippen LogP contribution in [0.2, 0.25) is 0 Å². The van der Waals surface area contributed by atoms with Crippen LogP contribution < -0.4 is 0 Å². The second kappa shape index (κ2) is 7.06. The fourth-order valence-corrected chi connectivity index (χ4v) is 4.24. The molecule has 0 N–H and O–H groups in total. The smallest absolute Gasteiger partial charge is 0.237 e. The molecule has 0 saturated carbocycles. The number of halogens is 1. The number of thioether (sulfide) groups is 1. The number of tetrazole rings is 1. The molecule has 0 aliphatic heterocycles. The van der Waals surface area contributed by atoms with E-state index in [2.05, 4.69) is 41.6 Å². The van der Waals surface area contributed by atoms with Crippen molar-refractivity contribution in [2.24, 2.45) is 0 Å². The number of hydrogen-bond donors (Lipinski definition) is 0. The molecule has 0 spiro atoms. The number of benzene rings is 1. The number of aromatic nitrogens is 6. The Kier molecular flexibility index (Phi) is 4.64. The van der Waals surface area contributed by atoms with Gasteiger partial charge < -0.3 is 4.52 Å². The fraction of sp³-hybridized carbons (Fsp3) is 0.133. The fourth-order valence-electron chi connectivity index (χ4n) is 2.16. The first kappa shape index (κ1) is 16.4. The van der Waals surface area contributed by atoms with E-state index in [0.717, 1.165) is 20.6 Å². The Morgan fingerprint density at radius 1 is 1.32 bits per heavy atom. The Morgan fingerprint density at radius 3 is 3.04 bits per heavy atom. The lowest BCUT2D eigenvalue weighted by molar-refractivity contribution is 0.391. The summed E-state index contributed by atoms with van der Waals surface area (Å²) in [6.45, 7) is 2.03. The van der Waals surface area contributed by atoms with Crippen LogP contribution in [0.15, 0.2) is 49.9 Å².